The van der Waals surface area contributed by atoms with E-state index in [1.807, 2.05) is 92.7 Å². The maximum atomic E-state index is 13.1. The number of rotatable bonds is 7. The number of benzene rings is 4. The Bertz CT molecular complexity index is 2320. The molecule has 8 rings (SSSR count). The summed E-state index contributed by atoms with van der Waals surface area (Å²) in [6.45, 7) is 5.69. The molecule has 52 heavy (non-hydrogen) atoms. The second-order valence-electron chi connectivity index (χ2n) is 13.5. The van der Waals surface area contributed by atoms with Gasteiger partial charge in [0.25, 0.3) is 11.8 Å². The van der Waals surface area contributed by atoms with E-state index in [2.05, 4.69) is 10.6 Å². The van der Waals surface area contributed by atoms with Gasteiger partial charge in [0.15, 0.2) is 0 Å². The summed E-state index contributed by atoms with van der Waals surface area (Å²) in [4.78, 5) is 50.8. The Kier molecular flexibility index (Phi) is 8.92. The summed E-state index contributed by atoms with van der Waals surface area (Å²) >= 11 is 0. The fraction of sp³-hybridized carbons (Fsp3) is 0.238. The highest BCUT2D eigenvalue weighted by Gasteiger charge is 2.47. The zero-order chi connectivity index (χ0) is 36.6. The fourth-order valence-electron chi connectivity index (χ4n) is 7.39. The molecule has 0 atom stereocenters. The first-order chi connectivity index (χ1) is 25.0. The molecule has 0 radical (unpaired) electrons. The van der Waals surface area contributed by atoms with Crippen LogP contribution in [0, 0.1) is 13.8 Å². The van der Waals surface area contributed by atoms with Crippen molar-refractivity contribution in [1.82, 2.24) is 10.6 Å². The summed E-state index contributed by atoms with van der Waals surface area (Å²) in [7, 11) is 0. The van der Waals surface area contributed by atoms with Gasteiger partial charge in [-0.3, -0.25) is 9.59 Å². The molecule has 0 saturated carbocycles. The molecular weight excluding hydrogens is 660 g/mol. The molecule has 0 aliphatic heterocycles. The number of hydrogen-bond donors (Lipinski definition) is 3. The van der Waals surface area contributed by atoms with Crippen LogP contribution in [0.15, 0.2) is 106 Å². The number of carbonyl (C=O) groups is 4. The van der Waals surface area contributed by atoms with Crippen molar-refractivity contribution in [2.75, 3.05) is 6.61 Å². The summed E-state index contributed by atoms with van der Waals surface area (Å²) in [5.74, 6) is -0.765. The second-order valence-corrected chi connectivity index (χ2v) is 13.5. The average molecular weight is 699 g/mol. The van der Waals surface area contributed by atoms with Gasteiger partial charge in [-0.15, -0.1) is 0 Å². The number of amides is 2. The monoisotopic (exact) mass is 698 g/mol. The van der Waals surface area contributed by atoms with Crippen LogP contribution in [0.4, 0.5) is 0 Å². The van der Waals surface area contributed by atoms with Crippen LogP contribution in [0.1, 0.15) is 61.4 Å². The van der Waals surface area contributed by atoms with E-state index >= 15 is 0 Å². The number of para-hydroxylation sites is 2. The maximum Gasteiger partial charge on any atom is 0.332 e. The highest BCUT2D eigenvalue weighted by Crippen LogP contribution is 2.34. The molecule has 2 aromatic heterocycles. The fourth-order valence-corrected chi connectivity index (χ4v) is 7.39. The van der Waals surface area contributed by atoms with Crippen molar-refractivity contribution in [3.63, 3.8) is 0 Å². The molecule has 10 nitrogen and oxygen atoms in total. The van der Waals surface area contributed by atoms with E-state index in [1.54, 1.807) is 25.1 Å². The Morgan fingerprint density at radius 2 is 1.04 bits per heavy atom. The molecule has 6 aromatic rings. The zero-order valence-corrected chi connectivity index (χ0v) is 29.1. The van der Waals surface area contributed by atoms with Crippen molar-refractivity contribution in [3.05, 3.63) is 142 Å². The third kappa shape index (κ3) is 6.32. The van der Waals surface area contributed by atoms with E-state index in [0.29, 0.717) is 40.9 Å². The summed E-state index contributed by atoms with van der Waals surface area (Å²) in [5, 5.41) is 17.2. The topological polar surface area (TPSA) is 148 Å². The van der Waals surface area contributed by atoms with E-state index < -0.39 is 28.9 Å². The number of hydrogen-bond acceptors (Lipinski definition) is 7. The molecule has 10 heteroatoms. The SMILES string of the molecule is CCOC(=O)C1(NC(=O)c2cccc3cc(C)oc23)Cc2ccccc2C1.Cc1cc2cccc(C(=O)NC3(C(=O)O)Cc4ccccc4C3)c2o1. The van der Waals surface area contributed by atoms with Crippen LogP contribution in [-0.2, 0) is 40.0 Å². The van der Waals surface area contributed by atoms with Gasteiger partial charge < -0.3 is 29.3 Å². The number of carboxylic acid groups (broad SMARTS) is 1. The predicted molar refractivity (Wildman–Crippen MR) is 194 cm³/mol. The van der Waals surface area contributed by atoms with Gasteiger partial charge >= 0.3 is 11.9 Å². The Balaban J connectivity index is 0.000000162. The summed E-state index contributed by atoms with van der Waals surface area (Å²) in [6.07, 6.45) is 1.39. The van der Waals surface area contributed by atoms with Gasteiger partial charge in [-0.1, -0.05) is 72.8 Å². The molecule has 2 aliphatic rings. The highest BCUT2D eigenvalue weighted by atomic mass is 16.5. The number of esters is 1. The quantitative estimate of drug-likeness (QED) is 0.157. The first-order valence-corrected chi connectivity index (χ1v) is 17.2. The number of nitrogens with one attached hydrogen (secondary N) is 2. The number of furan rings is 2. The highest BCUT2D eigenvalue weighted by molar-refractivity contribution is 6.08. The molecule has 4 aromatic carbocycles. The van der Waals surface area contributed by atoms with Gasteiger partial charge in [-0.25, -0.2) is 9.59 Å². The van der Waals surface area contributed by atoms with E-state index in [0.717, 1.165) is 38.8 Å². The molecule has 0 bridgehead atoms. The molecule has 0 spiro atoms. The van der Waals surface area contributed by atoms with Crippen molar-refractivity contribution in [1.29, 1.82) is 0 Å². The number of aryl methyl sites for hydroxylation is 2. The third-order valence-corrected chi connectivity index (χ3v) is 9.81. The molecular formula is C42H38N2O8. The normalized spacial score (nSPS) is 14.9. The van der Waals surface area contributed by atoms with Crippen molar-refractivity contribution < 1.29 is 37.9 Å². The summed E-state index contributed by atoms with van der Waals surface area (Å²) in [6, 6.07) is 29.9. The molecule has 0 saturated heterocycles. The second kappa shape index (κ2) is 13.5. The van der Waals surface area contributed by atoms with E-state index in [9.17, 15) is 24.3 Å². The lowest BCUT2D eigenvalue weighted by Gasteiger charge is -2.28. The van der Waals surface area contributed by atoms with Crippen LogP contribution >= 0.6 is 0 Å². The van der Waals surface area contributed by atoms with Gasteiger partial charge in [0.1, 0.15) is 33.8 Å². The van der Waals surface area contributed by atoms with Gasteiger partial charge in [-0.2, -0.15) is 0 Å². The van der Waals surface area contributed by atoms with Crippen molar-refractivity contribution in [2.45, 2.75) is 57.5 Å². The lowest BCUT2D eigenvalue weighted by Crippen LogP contribution is -2.56. The van der Waals surface area contributed by atoms with E-state index in [1.165, 1.54) is 0 Å². The summed E-state index contributed by atoms with van der Waals surface area (Å²) in [5.41, 5.74) is 3.37. The minimum Gasteiger partial charge on any atom is -0.479 e. The number of carbonyl (C=O) groups excluding carboxylic acids is 3. The Morgan fingerprint density at radius 3 is 1.44 bits per heavy atom. The third-order valence-electron chi connectivity index (χ3n) is 9.81. The first kappa shape index (κ1) is 34.3. The molecule has 3 N–H and O–H groups in total. The number of ether oxygens (including phenoxy) is 1. The van der Waals surface area contributed by atoms with Gasteiger partial charge in [0.2, 0.25) is 0 Å². The van der Waals surface area contributed by atoms with Crippen molar-refractivity contribution in [3.8, 4) is 0 Å². The molecule has 264 valence electrons. The number of aliphatic carboxylic acids is 1. The number of carboxylic acids is 1. The standard InChI is InChI=1S/C22H21NO4.C20H17NO4/c1-3-26-21(25)22(12-16-7-4-5-8-17(16)13-22)23-20(24)18-10-6-9-15-11-14(2)27-19(15)18;1-12-9-13-7-4-8-16(17(13)25-12)18(22)21-20(19(23)24)10-14-5-2-3-6-15(14)11-20/h4-11H,3,12-13H2,1-2H3,(H,23,24);2-9H,10-11H2,1H3,(H,21,22)(H,23,24). The Hall–Kier alpha value is -6.16. The molecule has 2 heterocycles. The average Bonchev–Trinajstić information content (AvgIpc) is 3.89. The Labute approximate surface area is 299 Å². The van der Waals surface area contributed by atoms with Crippen LogP contribution in [0.5, 0.6) is 0 Å². The van der Waals surface area contributed by atoms with Crippen LogP contribution in [0.3, 0.4) is 0 Å². The van der Waals surface area contributed by atoms with Gasteiger partial charge in [-0.05, 0) is 67.3 Å². The summed E-state index contributed by atoms with van der Waals surface area (Å²) < 4.78 is 16.7. The smallest absolute Gasteiger partial charge is 0.332 e. The Morgan fingerprint density at radius 1 is 0.635 bits per heavy atom. The van der Waals surface area contributed by atoms with E-state index in [4.69, 9.17) is 13.6 Å². The van der Waals surface area contributed by atoms with E-state index in [-0.39, 0.29) is 25.4 Å². The minimum atomic E-state index is -1.33. The molecule has 2 aliphatic carbocycles. The zero-order valence-electron chi connectivity index (χ0n) is 29.1. The molecule has 0 unspecified atom stereocenters. The molecule has 2 amide bonds. The minimum absolute atomic E-state index is 0.264. The van der Waals surface area contributed by atoms with Crippen LogP contribution in [0.25, 0.3) is 21.9 Å². The predicted octanol–water partition coefficient (Wildman–Crippen LogP) is 6.66. The van der Waals surface area contributed by atoms with Gasteiger partial charge in [0, 0.05) is 36.5 Å². The van der Waals surface area contributed by atoms with Crippen LogP contribution < -0.4 is 10.6 Å². The lowest BCUT2D eigenvalue weighted by molar-refractivity contribution is -0.150. The van der Waals surface area contributed by atoms with Crippen LogP contribution in [-0.4, -0.2) is 46.5 Å². The first-order valence-electron chi connectivity index (χ1n) is 17.2. The van der Waals surface area contributed by atoms with Crippen LogP contribution in [0.2, 0.25) is 0 Å². The molecule has 0 fully saturated rings. The van der Waals surface area contributed by atoms with Gasteiger partial charge in [0.05, 0.1) is 17.7 Å². The lowest BCUT2D eigenvalue weighted by atomic mass is 9.94. The van der Waals surface area contributed by atoms with Crippen molar-refractivity contribution >= 4 is 45.7 Å². The maximum absolute atomic E-state index is 13.1. The van der Waals surface area contributed by atoms with Crippen molar-refractivity contribution in [2.24, 2.45) is 0 Å². The largest absolute Gasteiger partial charge is 0.479 e. The number of fused-ring (bicyclic) bond motifs is 4.